The second-order valence-electron chi connectivity index (χ2n) is 4.34. The molecule has 0 spiro atoms. The Balaban J connectivity index is 2.21. The van der Waals surface area contributed by atoms with E-state index in [4.69, 9.17) is 0 Å². The summed E-state index contributed by atoms with van der Waals surface area (Å²) in [4.78, 5) is 10.3. The van der Waals surface area contributed by atoms with E-state index in [1.54, 1.807) is 12.1 Å². The van der Waals surface area contributed by atoms with Gasteiger partial charge in [-0.15, -0.1) is 0 Å². The van der Waals surface area contributed by atoms with Crippen LogP contribution in [0.5, 0.6) is 0 Å². The smallest absolute Gasteiger partial charge is 0.269 e. The van der Waals surface area contributed by atoms with Crippen molar-refractivity contribution < 1.29 is 9.31 Å². The number of nitro groups is 1. The highest BCUT2D eigenvalue weighted by Gasteiger charge is 2.12. The van der Waals surface area contributed by atoms with E-state index in [1.807, 2.05) is 35.6 Å². The van der Waals surface area contributed by atoms with Crippen molar-refractivity contribution in [2.45, 2.75) is 13.0 Å². The largest absolute Gasteiger partial charge is 0.378 e. The summed E-state index contributed by atoms with van der Waals surface area (Å²) in [7, 11) is 0. The van der Waals surface area contributed by atoms with Gasteiger partial charge in [0.05, 0.1) is 4.92 Å². The van der Waals surface area contributed by atoms with Crippen LogP contribution in [-0.2, 0) is 0 Å². The minimum absolute atomic E-state index is 0.0601. The number of benzene rings is 2. The molecule has 6 heteroatoms. The summed E-state index contributed by atoms with van der Waals surface area (Å²) in [6.45, 7) is 1.90. The molecule has 1 N–H and O–H groups in total. The number of halogens is 2. The van der Waals surface area contributed by atoms with Gasteiger partial charge in [-0.3, -0.25) is 10.1 Å². The molecule has 0 heterocycles. The lowest BCUT2D eigenvalue weighted by molar-refractivity contribution is -0.384. The Hall–Kier alpha value is -1.70. The van der Waals surface area contributed by atoms with Crippen LogP contribution in [-0.4, -0.2) is 4.92 Å². The SMILES string of the molecule is CC(Nc1ccc(F)cc1I)c1cccc([N+](=O)[O-])c1. The van der Waals surface area contributed by atoms with Gasteiger partial charge in [-0.2, -0.15) is 0 Å². The molecule has 0 aliphatic rings. The summed E-state index contributed by atoms with van der Waals surface area (Å²) in [5, 5.41) is 14.0. The second kappa shape index (κ2) is 6.17. The number of nitrogens with one attached hydrogen (secondary N) is 1. The van der Waals surface area contributed by atoms with Gasteiger partial charge in [0, 0.05) is 27.4 Å². The van der Waals surface area contributed by atoms with Crippen LogP contribution >= 0.6 is 22.6 Å². The summed E-state index contributed by atoms with van der Waals surface area (Å²) in [6.07, 6.45) is 0. The minimum Gasteiger partial charge on any atom is -0.378 e. The van der Waals surface area contributed by atoms with Crippen LogP contribution in [0.2, 0.25) is 0 Å². The first-order valence-electron chi connectivity index (χ1n) is 5.93. The Kier molecular flexibility index (Phi) is 4.53. The molecular formula is C14H12FIN2O2. The van der Waals surface area contributed by atoms with Crippen molar-refractivity contribution in [3.8, 4) is 0 Å². The molecule has 0 bridgehead atoms. The second-order valence-corrected chi connectivity index (χ2v) is 5.50. The first-order valence-corrected chi connectivity index (χ1v) is 7.01. The summed E-state index contributed by atoms with van der Waals surface area (Å²) >= 11 is 2.05. The van der Waals surface area contributed by atoms with E-state index in [1.165, 1.54) is 24.3 Å². The van der Waals surface area contributed by atoms with E-state index >= 15 is 0 Å². The van der Waals surface area contributed by atoms with Crippen LogP contribution < -0.4 is 5.32 Å². The molecule has 0 aliphatic heterocycles. The molecule has 20 heavy (non-hydrogen) atoms. The van der Waals surface area contributed by atoms with Gasteiger partial charge in [0.2, 0.25) is 0 Å². The molecule has 0 amide bonds. The van der Waals surface area contributed by atoms with Gasteiger partial charge in [0.1, 0.15) is 5.82 Å². The van der Waals surface area contributed by atoms with E-state index in [9.17, 15) is 14.5 Å². The van der Waals surface area contributed by atoms with Gasteiger partial charge >= 0.3 is 0 Å². The molecule has 0 aliphatic carbocycles. The molecular weight excluding hydrogens is 374 g/mol. The van der Waals surface area contributed by atoms with Gasteiger partial charge in [0.15, 0.2) is 0 Å². The molecule has 4 nitrogen and oxygen atoms in total. The lowest BCUT2D eigenvalue weighted by Crippen LogP contribution is -2.08. The maximum absolute atomic E-state index is 13.0. The van der Waals surface area contributed by atoms with Gasteiger partial charge in [-0.05, 0) is 53.3 Å². The highest BCUT2D eigenvalue weighted by Crippen LogP contribution is 2.26. The molecule has 0 fully saturated rings. The zero-order valence-electron chi connectivity index (χ0n) is 10.6. The standard InChI is InChI=1S/C14H12FIN2O2/c1-9(10-3-2-4-12(7-10)18(19)20)17-14-6-5-11(15)8-13(14)16/h2-9,17H,1H3. The van der Waals surface area contributed by atoms with Gasteiger partial charge < -0.3 is 5.32 Å². The third-order valence-corrected chi connectivity index (χ3v) is 3.78. The number of nitrogens with zero attached hydrogens (tertiary/aromatic N) is 1. The quantitative estimate of drug-likeness (QED) is 0.478. The number of nitro benzene ring substituents is 1. The first-order chi connectivity index (χ1) is 9.47. The van der Waals surface area contributed by atoms with Gasteiger partial charge in [-0.1, -0.05) is 12.1 Å². The van der Waals surface area contributed by atoms with Crippen molar-refractivity contribution in [1.29, 1.82) is 0 Å². The van der Waals surface area contributed by atoms with Crippen LogP contribution in [0.3, 0.4) is 0 Å². The van der Waals surface area contributed by atoms with Crippen molar-refractivity contribution in [2.75, 3.05) is 5.32 Å². The Labute approximate surface area is 129 Å². The van der Waals surface area contributed by atoms with E-state index in [-0.39, 0.29) is 17.5 Å². The fourth-order valence-corrected chi connectivity index (χ4v) is 2.46. The highest BCUT2D eigenvalue weighted by atomic mass is 127. The molecule has 0 radical (unpaired) electrons. The number of hydrogen-bond donors (Lipinski definition) is 1. The molecule has 1 atom stereocenters. The zero-order chi connectivity index (χ0) is 14.7. The number of rotatable bonds is 4. The Morgan fingerprint density at radius 2 is 2.05 bits per heavy atom. The Morgan fingerprint density at radius 3 is 2.70 bits per heavy atom. The molecule has 1 unspecified atom stereocenters. The van der Waals surface area contributed by atoms with Crippen LogP contribution in [0, 0.1) is 19.5 Å². The maximum atomic E-state index is 13.0. The zero-order valence-corrected chi connectivity index (χ0v) is 12.8. The van der Waals surface area contributed by atoms with Crippen LogP contribution in [0.15, 0.2) is 42.5 Å². The van der Waals surface area contributed by atoms with Crippen LogP contribution in [0.4, 0.5) is 15.8 Å². The maximum Gasteiger partial charge on any atom is 0.269 e. The first kappa shape index (κ1) is 14.7. The monoisotopic (exact) mass is 386 g/mol. The van der Waals surface area contributed by atoms with Crippen LogP contribution in [0.25, 0.3) is 0 Å². The Bertz CT molecular complexity index is 649. The Morgan fingerprint density at radius 1 is 1.30 bits per heavy atom. The molecule has 0 saturated heterocycles. The number of hydrogen-bond acceptors (Lipinski definition) is 3. The highest BCUT2D eigenvalue weighted by molar-refractivity contribution is 14.1. The average molecular weight is 386 g/mol. The summed E-state index contributed by atoms with van der Waals surface area (Å²) in [6, 6.07) is 10.8. The van der Waals surface area contributed by atoms with Crippen LogP contribution in [0.1, 0.15) is 18.5 Å². The molecule has 2 aromatic rings. The van der Waals surface area contributed by atoms with Crippen molar-refractivity contribution >= 4 is 34.0 Å². The van der Waals surface area contributed by atoms with Gasteiger partial charge in [0.25, 0.3) is 5.69 Å². The molecule has 0 saturated carbocycles. The summed E-state index contributed by atoms with van der Waals surface area (Å²) in [5.74, 6) is -0.289. The minimum atomic E-state index is -0.419. The predicted octanol–water partition coefficient (Wildman–Crippen LogP) is 4.51. The molecule has 104 valence electrons. The topological polar surface area (TPSA) is 55.2 Å². The van der Waals surface area contributed by atoms with E-state index < -0.39 is 4.92 Å². The third-order valence-electron chi connectivity index (χ3n) is 2.88. The van der Waals surface area contributed by atoms with Crippen molar-refractivity contribution in [2.24, 2.45) is 0 Å². The third kappa shape index (κ3) is 3.44. The lowest BCUT2D eigenvalue weighted by Gasteiger charge is -2.16. The normalized spacial score (nSPS) is 11.9. The summed E-state index contributed by atoms with van der Waals surface area (Å²) < 4.78 is 13.8. The number of non-ortho nitro benzene ring substituents is 1. The van der Waals surface area contributed by atoms with Crippen molar-refractivity contribution in [3.05, 3.63) is 67.5 Å². The molecule has 2 aromatic carbocycles. The molecule has 0 aromatic heterocycles. The fourth-order valence-electron chi connectivity index (χ4n) is 1.83. The fraction of sp³-hybridized carbons (Fsp3) is 0.143. The van der Waals surface area contributed by atoms with Gasteiger partial charge in [-0.25, -0.2) is 4.39 Å². The van der Waals surface area contributed by atoms with E-state index in [2.05, 4.69) is 5.32 Å². The molecule has 2 rings (SSSR count). The number of anilines is 1. The predicted molar refractivity (Wildman–Crippen MR) is 84.3 cm³/mol. The van der Waals surface area contributed by atoms with E-state index in [0.717, 1.165) is 14.8 Å². The van der Waals surface area contributed by atoms with Crippen molar-refractivity contribution in [1.82, 2.24) is 0 Å². The van der Waals surface area contributed by atoms with Crippen molar-refractivity contribution in [3.63, 3.8) is 0 Å². The van der Waals surface area contributed by atoms with E-state index in [0.29, 0.717) is 0 Å². The average Bonchev–Trinajstić information content (AvgIpc) is 2.42. The summed E-state index contributed by atoms with van der Waals surface area (Å²) in [5.41, 5.74) is 1.66. The lowest BCUT2D eigenvalue weighted by atomic mass is 10.1.